The van der Waals surface area contributed by atoms with Gasteiger partial charge in [-0.2, -0.15) is 5.26 Å². The fourth-order valence-electron chi connectivity index (χ4n) is 1.52. The average molecular weight is 250 g/mol. The molecule has 0 spiro atoms. The van der Waals surface area contributed by atoms with Crippen LogP contribution in [0.4, 0.5) is 4.39 Å². The number of nitrogens with zero attached hydrogens (tertiary/aromatic N) is 2. The standard InChI is InChI=1S/C12H9ClFN3/c1-7-4-9(13)8(5-10(7)14)11-6-16-12(17-11)2-3-15/h4-6H,2H2,1H3,(H,16,17). The first-order valence-corrected chi connectivity index (χ1v) is 5.36. The highest BCUT2D eigenvalue weighted by Gasteiger charge is 2.10. The highest BCUT2D eigenvalue weighted by Crippen LogP contribution is 2.29. The second-order valence-electron chi connectivity index (χ2n) is 3.66. The molecule has 17 heavy (non-hydrogen) atoms. The van der Waals surface area contributed by atoms with E-state index in [1.807, 2.05) is 6.07 Å². The van der Waals surface area contributed by atoms with Crippen molar-refractivity contribution in [2.45, 2.75) is 13.3 Å². The topological polar surface area (TPSA) is 52.5 Å². The Morgan fingerprint density at radius 2 is 2.29 bits per heavy atom. The van der Waals surface area contributed by atoms with Crippen LogP contribution in [0.1, 0.15) is 11.4 Å². The first kappa shape index (κ1) is 11.6. The summed E-state index contributed by atoms with van der Waals surface area (Å²) in [7, 11) is 0. The third-order valence-electron chi connectivity index (χ3n) is 2.41. The second-order valence-corrected chi connectivity index (χ2v) is 4.07. The van der Waals surface area contributed by atoms with Crippen molar-refractivity contribution in [3.63, 3.8) is 0 Å². The Morgan fingerprint density at radius 1 is 1.53 bits per heavy atom. The zero-order valence-corrected chi connectivity index (χ0v) is 9.85. The number of rotatable bonds is 2. The van der Waals surface area contributed by atoms with Crippen molar-refractivity contribution >= 4 is 11.6 Å². The first-order chi connectivity index (χ1) is 8.11. The van der Waals surface area contributed by atoms with Gasteiger partial charge in [0.05, 0.1) is 29.4 Å². The summed E-state index contributed by atoms with van der Waals surface area (Å²) in [6.45, 7) is 1.65. The van der Waals surface area contributed by atoms with Crippen LogP contribution >= 0.6 is 11.6 Å². The molecule has 86 valence electrons. The molecule has 0 amide bonds. The van der Waals surface area contributed by atoms with Gasteiger partial charge >= 0.3 is 0 Å². The van der Waals surface area contributed by atoms with Gasteiger partial charge in [-0.15, -0.1) is 0 Å². The Kier molecular flexibility index (Phi) is 3.12. The lowest BCUT2D eigenvalue weighted by Crippen LogP contribution is -1.88. The molecule has 0 aliphatic rings. The second kappa shape index (κ2) is 4.56. The van der Waals surface area contributed by atoms with E-state index in [1.165, 1.54) is 6.07 Å². The number of benzene rings is 1. The number of aryl methyl sites for hydroxylation is 1. The highest BCUT2D eigenvalue weighted by molar-refractivity contribution is 6.33. The van der Waals surface area contributed by atoms with E-state index in [1.54, 1.807) is 19.2 Å². The van der Waals surface area contributed by atoms with Crippen LogP contribution in [0.2, 0.25) is 5.02 Å². The molecule has 2 aromatic rings. The Hall–Kier alpha value is -1.86. The minimum absolute atomic E-state index is 0.186. The van der Waals surface area contributed by atoms with Crippen molar-refractivity contribution in [3.05, 3.63) is 40.6 Å². The van der Waals surface area contributed by atoms with Crippen LogP contribution < -0.4 is 0 Å². The van der Waals surface area contributed by atoms with Crippen molar-refractivity contribution in [2.24, 2.45) is 0 Å². The van der Waals surface area contributed by atoms with Crippen molar-refractivity contribution in [2.75, 3.05) is 0 Å². The van der Waals surface area contributed by atoms with E-state index in [-0.39, 0.29) is 12.2 Å². The monoisotopic (exact) mass is 249 g/mol. The van der Waals surface area contributed by atoms with Crippen molar-refractivity contribution in [1.29, 1.82) is 5.26 Å². The molecular weight excluding hydrogens is 241 g/mol. The summed E-state index contributed by atoms with van der Waals surface area (Å²) >= 11 is 6.04. The third kappa shape index (κ3) is 2.29. The molecule has 0 atom stereocenters. The number of H-pyrrole nitrogens is 1. The summed E-state index contributed by atoms with van der Waals surface area (Å²) in [6, 6.07) is 4.91. The fraction of sp³-hybridized carbons (Fsp3) is 0.167. The minimum atomic E-state index is -0.319. The average Bonchev–Trinajstić information content (AvgIpc) is 2.72. The molecule has 3 nitrogen and oxygen atoms in total. The van der Waals surface area contributed by atoms with Gasteiger partial charge in [0.1, 0.15) is 11.6 Å². The Balaban J connectivity index is 2.46. The zero-order valence-electron chi connectivity index (χ0n) is 9.09. The molecule has 0 aliphatic heterocycles. The molecule has 5 heteroatoms. The molecule has 1 aromatic heterocycles. The van der Waals surface area contributed by atoms with Gasteiger partial charge < -0.3 is 4.98 Å². The van der Waals surface area contributed by atoms with Crippen LogP contribution in [0, 0.1) is 24.1 Å². The summed E-state index contributed by atoms with van der Waals surface area (Å²) in [5.41, 5.74) is 1.65. The van der Waals surface area contributed by atoms with E-state index in [4.69, 9.17) is 16.9 Å². The number of nitriles is 1. The van der Waals surface area contributed by atoms with Crippen LogP contribution in [0.15, 0.2) is 18.3 Å². The van der Waals surface area contributed by atoms with Crippen LogP contribution in [0.25, 0.3) is 11.3 Å². The van der Waals surface area contributed by atoms with E-state index in [9.17, 15) is 4.39 Å². The van der Waals surface area contributed by atoms with Crippen LogP contribution in [-0.2, 0) is 6.42 Å². The minimum Gasteiger partial charge on any atom is -0.341 e. The summed E-state index contributed by atoms with van der Waals surface area (Å²) in [4.78, 5) is 6.95. The number of aromatic amines is 1. The van der Waals surface area contributed by atoms with E-state index >= 15 is 0 Å². The summed E-state index contributed by atoms with van der Waals surface area (Å²) in [5.74, 6) is 0.223. The molecule has 1 heterocycles. The van der Waals surface area contributed by atoms with Gasteiger partial charge in [-0.25, -0.2) is 9.37 Å². The molecule has 1 aromatic carbocycles. The number of aromatic nitrogens is 2. The molecule has 0 bridgehead atoms. The molecule has 0 unspecified atom stereocenters. The van der Waals surface area contributed by atoms with Gasteiger partial charge in [-0.3, -0.25) is 0 Å². The quantitative estimate of drug-likeness (QED) is 0.888. The van der Waals surface area contributed by atoms with Crippen LogP contribution in [0.3, 0.4) is 0 Å². The molecule has 0 radical (unpaired) electrons. The lowest BCUT2D eigenvalue weighted by atomic mass is 10.1. The zero-order chi connectivity index (χ0) is 12.4. The third-order valence-corrected chi connectivity index (χ3v) is 2.73. The van der Waals surface area contributed by atoms with E-state index in [0.29, 0.717) is 27.7 Å². The molecule has 2 rings (SSSR count). The smallest absolute Gasteiger partial charge is 0.126 e. The lowest BCUT2D eigenvalue weighted by molar-refractivity contribution is 0.619. The SMILES string of the molecule is Cc1cc(Cl)c(-c2cnc(CC#N)[nH]2)cc1F. The van der Waals surface area contributed by atoms with Crippen molar-refractivity contribution in [3.8, 4) is 17.3 Å². The molecule has 0 saturated carbocycles. The molecule has 0 fully saturated rings. The van der Waals surface area contributed by atoms with Gasteiger partial charge in [-0.05, 0) is 24.6 Å². The number of hydrogen-bond acceptors (Lipinski definition) is 2. The van der Waals surface area contributed by atoms with E-state index < -0.39 is 0 Å². The normalized spacial score (nSPS) is 10.2. The number of hydrogen-bond donors (Lipinski definition) is 1. The maximum atomic E-state index is 13.5. The van der Waals surface area contributed by atoms with Gasteiger partial charge in [0.25, 0.3) is 0 Å². The van der Waals surface area contributed by atoms with Crippen LogP contribution in [-0.4, -0.2) is 9.97 Å². The predicted molar refractivity (Wildman–Crippen MR) is 63.0 cm³/mol. The lowest BCUT2D eigenvalue weighted by Gasteiger charge is -2.04. The number of nitrogens with one attached hydrogen (secondary N) is 1. The molecule has 1 N–H and O–H groups in total. The van der Waals surface area contributed by atoms with Crippen molar-refractivity contribution < 1.29 is 4.39 Å². The Morgan fingerprint density at radius 3 is 3.00 bits per heavy atom. The largest absolute Gasteiger partial charge is 0.341 e. The maximum absolute atomic E-state index is 13.5. The van der Waals surface area contributed by atoms with E-state index in [0.717, 1.165) is 0 Å². The van der Waals surface area contributed by atoms with Gasteiger partial charge in [0.15, 0.2) is 0 Å². The Bertz CT molecular complexity index is 598. The van der Waals surface area contributed by atoms with Crippen molar-refractivity contribution in [1.82, 2.24) is 9.97 Å². The summed E-state index contributed by atoms with van der Waals surface area (Å²) in [5, 5.41) is 8.99. The summed E-state index contributed by atoms with van der Waals surface area (Å²) < 4.78 is 13.5. The first-order valence-electron chi connectivity index (χ1n) is 4.98. The van der Waals surface area contributed by atoms with Gasteiger partial charge in [-0.1, -0.05) is 11.6 Å². The highest BCUT2D eigenvalue weighted by atomic mass is 35.5. The maximum Gasteiger partial charge on any atom is 0.126 e. The van der Waals surface area contributed by atoms with Gasteiger partial charge in [0, 0.05) is 5.56 Å². The number of halogens is 2. The van der Waals surface area contributed by atoms with E-state index in [2.05, 4.69) is 9.97 Å². The fourth-order valence-corrected chi connectivity index (χ4v) is 1.84. The summed E-state index contributed by atoms with van der Waals surface area (Å²) in [6.07, 6.45) is 1.73. The van der Waals surface area contributed by atoms with Crippen LogP contribution in [0.5, 0.6) is 0 Å². The molecule has 0 aliphatic carbocycles. The molecule has 0 saturated heterocycles. The predicted octanol–water partition coefficient (Wildman–Crippen LogP) is 3.24. The van der Waals surface area contributed by atoms with Gasteiger partial charge in [0.2, 0.25) is 0 Å². The Labute approximate surface area is 103 Å². The number of imidazole rings is 1. The molecular formula is C12H9ClFN3.